The Balaban J connectivity index is 2.54. The largest absolute Gasteiger partial charge is 0.480 e. The van der Waals surface area contributed by atoms with Crippen molar-refractivity contribution in [1.29, 1.82) is 0 Å². The molecule has 2 aromatic rings. The molecule has 0 aliphatic rings. The molecule has 0 saturated heterocycles. The molecule has 0 aliphatic heterocycles. The van der Waals surface area contributed by atoms with Crippen molar-refractivity contribution >= 4 is 25.3 Å². The van der Waals surface area contributed by atoms with E-state index in [9.17, 15) is 19.4 Å². The molecular formula is C13H13O4PS. The minimum atomic E-state index is -3.30. The molecule has 0 radical (unpaired) electrons. The van der Waals surface area contributed by atoms with E-state index in [2.05, 4.69) is 0 Å². The summed E-state index contributed by atoms with van der Waals surface area (Å²) in [5.41, 5.74) is 1.11. The van der Waals surface area contributed by atoms with Gasteiger partial charge >= 0.3 is 5.97 Å². The van der Waals surface area contributed by atoms with Crippen molar-refractivity contribution in [2.45, 2.75) is 11.6 Å². The van der Waals surface area contributed by atoms with Crippen molar-refractivity contribution in [2.75, 3.05) is 0 Å². The Morgan fingerprint density at radius 1 is 1.26 bits per heavy atom. The van der Waals surface area contributed by atoms with Crippen LogP contribution in [0.15, 0.2) is 47.2 Å². The highest BCUT2D eigenvalue weighted by Crippen LogP contribution is 2.47. The van der Waals surface area contributed by atoms with Gasteiger partial charge in [0.25, 0.3) is 0 Å². The maximum atomic E-state index is 11.8. The first-order chi connectivity index (χ1) is 9.07. The van der Waals surface area contributed by atoms with Crippen LogP contribution in [0.5, 0.6) is 0 Å². The van der Waals surface area contributed by atoms with Crippen LogP contribution in [0.1, 0.15) is 11.1 Å². The second-order valence-corrected chi connectivity index (χ2v) is 6.43. The third kappa shape index (κ3) is 2.63. The van der Waals surface area contributed by atoms with Gasteiger partial charge in [0.15, 0.2) is 5.16 Å². The van der Waals surface area contributed by atoms with Gasteiger partial charge in [0.05, 0.1) is 0 Å². The zero-order valence-corrected chi connectivity index (χ0v) is 11.8. The molecular weight excluding hydrogens is 283 g/mol. The molecule has 0 bridgehead atoms. The number of carbonyl (C=O) groups is 1. The Kier molecular flexibility index (Phi) is 4.20. The molecule has 1 heterocycles. The second kappa shape index (κ2) is 5.70. The summed E-state index contributed by atoms with van der Waals surface area (Å²) in [7, 11) is -3.30. The smallest absolute Gasteiger partial charge is 0.324 e. The molecule has 100 valence electrons. The highest BCUT2D eigenvalue weighted by Gasteiger charge is 2.46. The summed E-state index contributed by atoms with van der Waals surface area (Å²) in [5, 5.41) is 11.4. The average molecular weight is 296 g/mol. The summed E-state index contributed by atoms with van der Waals surface area (Å²) in [5.74, 6) is -1.27. The van der Waals surface area contributed by atoms with Crippen LogP contribution in [0.3, 0.4) is 0 Å². The number of aliphatic carboxylic acids is 1. The van der Waals surface area contributed by atoms with Crippen LogP contribution in [0.25, 0.3) is 0 Å². The minimum Gasteiger partial charge on any atom is -0.480 e. The summed E-state index contributed by atoms with van der Waals surface area (Å²) in [6.45, 7) is 0. The number of hydrogen-bond acceptors (Lipinski definition) is 3. The van der Waals surface area contributed by atoms with E-state index in [-0.39, 0.29) is 6.42 Å². The SMILES string of the molecule is O=C(O)C(Cc1ccsc1)(c1ccccc1)[PH](=O)O. The van der Waals surface area contributed by atoms with Gasteiger partial charge in [-0.05, 0) is 28.0 Å². The summed E-state index contributed by atoms with van der Waals surface area (Å²) in [4.78, 5) is 21.3. The molecule has 4 nitrogen and oxygen atoms in total. The zero-order chi connectivity index (χ0) is 13.9. The molecule has 2 atom stereocenters. The third-order valence-electron chi connectivity index (χ3n) is 3.05. The number of thiophene rings is 1. The molecule has 2 N–H and O–H groups in total. The van der Waals surface area contributed by atoms with Gasteiger partial charge in [-0.2, -0.15) is 11.3 Å². The summed E-state index contributed by atoms with van der Waals surface area (Å²) >= 11 is 1.43. The van der Waals surface area contributed by atoms with Gasteiger partial charge in [-0.15, -0.1) is 0 Å². The Bertz CT molecular complexity index is 566. The highest BCUT2D eigenvalue weighted by atomic mass is 32.1. The fraction of sp³-hybridized carbons (Fsp3) is 0.154. The van der Waals surface area contributed by atoms with Gasteiger partial charge in [0, 0.05) is 6.42 Å². The second-order valence-electron chi connectivity index (χ2n) is 4.19. The molecule has 1 aromatic carbocycles. The Morgan fingerprint density at radius 3 is 2.42 bits per heavy atom. The predicted molar refractivity (Wildman–Crippen MR) is 75.0 cm³/mol. The number of rotatable bonds is 5. The number of carboxylic acid groups (broad SMARTS) is 1. The fourth-order valence-electron chi connectivity index (χ4n) is 2.01. The van der Waals surface area contributed by atoms with Crippen molar-refractivity contribution in [3.05, 3.63) is 58.3 Å². The van der Waals surface area contributed by atoms with Crippen molar-refractivity contribution in [2.24, 2.45) is 0 Å². The predicted octanol–water partition coefficient (Wildman–Crippen LogP) is 2.74. The third-order valence-corrected chi connectivity index (χ3v) is 5.19. The van der Waals surface area contributed by atoms with Gasteiger partial charge in [0.1, 0.15) is 0 Å². The highest BCUT2D eigenvalue weighted by molar-refractivity contribution is 7.41. The van der Waals surface area contributed by atoms with Crippen molar-refractivity contribution in [1.82, 2.24) is 0 Å². The van der Waals surface area contributed by atoms with Crippen molar-refractivity contribution < 1.29 is 19.4 Å². The Labute approximate surface area is 115 Å². The molecule has 0 aliphatic carbocycles. The Hall–Kier alpha value is -1.42. The number of benzene rings is 1. The van der Waals surface area contributed by atoms with Crippen LogP contribution >= 0.6 is 19.4 Å². The van der Waals surface area contributed by atoms with Crippen LogP contribution in [-0.4, -0.2) is 16.0 Å². The van der Waals surface area contributed by atoms with E-state index < -0.39 is 19.2 Å². The van der Waals surface area contributed by atoms with Gasteiger partial charge in [-0.3, -0.25) is 9.36 Å². The van der Waals surface area contributed by atoms with Crippen LogP contribution in [0.2, 0.25) is 0 Å². The normalized spacial score (nSPS) is 15.6. The van der Waals surface area contributed by atoms with Gasteiger partial charge < -0.3 is 10.00 Å². The maximum Gasteiger partial charge on any atom is 0.324 e. The summed E-state index contributed by atoms with van der Waals surface area (Å²) in [6.07, 6.45) is 0.0180. The molecule has 0 amide bonds. The van der Waals surface area contributed by atoms with E-state index in [1.807, 2.05) is 5.38 Å². The molecule has 6 heteroatoms. The molecule has 2 unspecified atom stereocenters. The molecule has 2 rings (SSSR count). The fourth-order valence-corrected chi connectivity index (χ4v) is 3.63. The van der Waals surface area contributed by atoms with Gasteiger partial charge in [-0.25, -0.2) is 0 Å². The van der Waals surface area contributed by atoms with E-state index >= 15 is 0 Å². The Morgan fingerprint density at radius 2 is 1.95 bits per heavy atom. The number of hydrogen-bond donors (Lipinski definition) is 2. The first-order valence-corrected chi connectivity index (χ1v) is 7.90. The first-order valence-electron chi connectivity index (χ1n) is 5.61. The standard InChI is InChI=1S/C13H13O4PS/c14-12(15)13(18(16)17,8-10-6-7-19-9-10)11-4-2-1-3-5-11/h1-7,9,18H,8H2,(H,14,15)(H,16,17). The van der Waals surface area contributed by atoms with E-state index in [1.165, 1.54) is 11.3 Å². The monoisotopic (exact) mass is 296 g/mol. The molecule has 0 saturated carbocycles. The lowest BCUT2D eigenvalue weighted by atomic mass is 9.92. The maximum absolute atomic E-state index is 11.8. The lowest BCUT2D eigenvalue weighted by Gasteiger charge is -2.26. The summed E-state index contributed by atoms with van der Waals surface area (Å²) in [6, 6.07) is 10.0. The minimum absolute atomic E-state index is 0.0180. The van der Waals surface area contributed by atoms with Crippen LogP contribution in [-0.2, 0) is 20.9 Å². The number of carboxylic acids is 1. The lowest BCUT2D eigenvalue weighted by Crippen LogP contribution is -2.34. The summed E-state index contributed by atoms with van der Waals surface area (Å²) < 4.78 is 11.8. The first kappa shape index (κ1) is 14.0. The van der Waals surface area contributed by atoms with E-state index in [1.54, 1.807) is 41.8 Å². The molecule has 1 aromatic heterocycles. The zero-order valence-electron chi connectivity index (χ0n) is 9.95. The molecule has 0 fully saturated rings. The van der Waals surface area contributed by atoms with Gasteiger partial charge in [-0.1, -0.05) is 30.3 Å². The van der Waals surface area contributed by atoms with Crippen LogP contribution < -0.4 is 0 Å². The topological polar surface area (TPSA) is 74.6 Å². The van der Waals surface area contributed by atoms with E-state index in [4.69, 9.17) is 0 Å². The van der Waals surface area contributed by atoms with E-state index in [0.717, 1.165) is 5.56 Å². The van der Waals surface area contributed by atoms with Gasteiger partial charge in [0.2, 0.25) is 8.03 Å². The average Bonchev–Trinajstić information content (AvgIpc) is 2.89. The van der Waals surface area contributed by atoms with E-state index in [0.29, 0.717) is 5.56 Å². The van der Waals surface area contributed by atoms with Crippen molar-refractivity contribution in [3.8, 4) is 0 Å². The quantitative estimate of drug-likeness (QED) is 0.832. The van der Waals surface area contributed by atoms with Crippen LogP contribution in [0, 0.1) is 0 Å². The van der Waals surface area contributed by atoms with Crippen molar-refractivity contribution in [3.63, 3.8) is 0 Å². The molecule has 0 spiro atoms. The molecule has 19 heavy (non-hydrogen) atoms. The lowest BCUT2D eigenvalue weighted by molar-refractivity contribution is -0.140. The van der Waals surface area contributed by atoms with Crippen LogP contribution in [0.4, 0.5) is 0 Å².